The molecule has 2 N–H and O–H groups in total. The lowest BCUT2D eigenvalue weighted by Crippen LogP contribution is -2.16. The molecule has 0 saturated carbocycles. The van der Waals surface area contributed by atoms with Crippen molar-refractivity contribution in [2.75, 3.05) is 4.72 Å². The van der Waals surface area contributed by atoms with Crippen molar-refractivity contribution in [3.05, 3.63) is 54.0 Å². The Labute approximate surface area is 121 Å². The number of rotatable bonds is 4. The average molecular weight is 309 g/mol. The third-order valence-electron chi connectivity index (χ3n) is 2.68. The zero-order valence-corrected chi connectivity index (χ0v) is 11.8. The quantitative estimate of drug-likeness (QED) is 0.514. The zero-order chi connectivity index (χ0) is 15.5. The highest BCUT2D eigenvalue weighted by Gasteiger charge is 2.20. The number of aromatic nitrogens is 1. The Kier molecular flexibility index (Phi) is 4.18. The maximum Gasteiger partial charge on any atom is 0.282 e. The fraction of sp³-hybridized carbons (Fsp3) is 0.0769. The first-order valence-corrected chi connectivity index (χ1v) is 7.35. The minimum atomic E-state index is -4.10. The molecule has 110 valence electrons. The van der Waals surface area contributed by atoms with E-state index >= 15 is 0 Å². The van der Waals surface area contributed by atoms with Gasteiger partial charge in [0.2, 0.25) is 5.03 Å². The molecule has 0 amide bonds. The van der Waals surface area contributed by atoms with Crippen LogP contribution in [0.1, 0.15) is 12.5 Å². The van der Waals surface area contributed by atoms with Gasteiger partial charge in [0, 0.05) is 11.9 Å². The van der Waals surface area contributed by atoms with Crippen LogP contribution in [0.3, 0.4) is 0 Å². The van der Waals surface area contributed by atoms with Gasteiger partial charge in [0.25, 0.3) is 10.0 Å². The summed E-state index contributed by atoms with van der Waals surface area (Å²) in [6.07, 6.45) is 1.20. The van der Waals surface area contributed by atoms with Crippen LogP contribution in [0.25, 0.3) is 0 Å². The second-order valence-electron chi connectivity index (χ2n) is 4.16. The zero-order valence-electron chi connectivity index (χ0n) is 11.0. The van der Waals surface area contributed by atoms with Crippen molar-refractivity contribution in [3.8, 4) is 0 Å². The van der Waals surface area contributed by atoms with Crippen LogP contribution in [0.2, 0.25) is 0 Å². The lowest BCUT2D eigenvalue weighted by molar-refractivity contribution is 0.319. The first kappa shape index (κ1) is 14.9. The molecule has 2 aromatic rings. The fourth-order valence-electron chi connectivity index (χ4n) is 1.61. The predicted molar refractivity (Wildman–Crippen MR) is 75.4 cm³/mol. The van der Waals surface area contributed by atoms with Gasteiger partial charge < -0.3 is 5.21 Å². The maximum atomic E-state index is 13.5. The van der Waals surface area contributed by atoms with Crippen LogP contribution in [0.5, 0.6) is 0 Å². The molecule has 2 rings (SSSR count). The number of nitrogens with one attached hydrogen (secondary N) is 1. The highest BCUT2D eigenvalue weighted by Crippen LogP contribution is 2.17. The van der Waals surface area contributed by atoms with E-state index in [1.165, 1.54) is 24.4 Å². The summed E-state index contributed by atoms with van der Waals surface area (Å²) in [6, 6.07) is 8.42. The number of sulfonamides is 1. The minimum Gasteiger partial charge on any atom is -0.411 e. The smallest absolute Gasteiger partial charge is 0.282 e. The lowest BCUT2D eigenvalue weighted by Gasteiger charge is -2.08. The maximum absolute atomic E-state index is 13.5. The van der Waals surface area contributed by atoms with Gasteiger partial charge >= 0.3 is 0 Å². The molecular formula is C13H12FN3O3S. The third-order valence-corrected chi connectivity index (χ3v) is 4.00. The van der Waals surface area contributed by atoms with Crippen molar-refractivity contribution >= 4 is 21.4 Å². The Balaban J connectivity index is 2.28. The van der Waals surface area contributed by atoms with Crippen LogP contribution in [-0.2, 0) is 10.0 Å². The van der Waals surface area contributed by atoms with Crippen LogP contribution in [-0.4, -0.2) is 24.3 Å². The van der Waals surface area contributed by atoms with Crippen LogP contribution < -0.4 is 4.72 Å². The van der Waals surface area contributed by atoms with Crippen molar-refractivity contribution in [1.29, 1.82) is 0 Å². The van der Waals surface area contributed by atoms with Crippen molar-refractivity contribution in [1.82, 2.24) is 4.98 Å². The number of oxime groups is 1. The van der Waals surface area contributed by atoms with Gasteiger partial charge in [-0.15, -0.1) is 0 Å². The SMILES string of the molecule is C/C(=N/O)c1ccc(NS(=O)(=O)c2ncccc2F)cc1. The van der Waals surface area contributed by atoms with E-state index in [4.69, 9.17) is 5.21 Å². The summed E-state index contributed by atoms with van der Waals surface area (Å²) < 4.78 is 39.7. The summed E-state index contributed by atoms with van der Waals surface area (Å²) >= 11 is 0. The molecule has 1 aromatic carbocycles. The van der Waals surface area contributed by atoms with Crippen LogP contribution >= 0.6 is 0 Å². The number of hydrogen-bond donors (Lipinski definition) is 2. The number of benzene rings is 1. The monoisotopic (exact) mass is 309 g/mol. The van der Waals surface area contributed by atoms with Crippen molar-refractivity contribution in [2.24, 2.45) is 5.16 Å². The van der Waals surface area contributed by atoms with E-state index in [-0.39, 0.29) is 5.69 Å². The van der Waals surface area contributed by atoms with Gasteiger partial charge in [-0.2, -0.15) is 8.42 Å². The van der Waals surface area contributed by atoms with E-state index in [9.17, 15) is 12.8 Å². The number of anilines is 1. The third kappa shape index (κ3) is 3.34. The van der Waals surface area contributed by atoms with Gasteiger partial charge in [0.1, 0.15) is 0 Å². The molecule has 0 saturated heterocycles. The van der Waals surface area contributed by atoms with Crippen molar-refractivity contribution in [3.63, 3.8) is 0 Å². The minimum absolute atomic E-state index is 0.245. The molecule has 1 aromatic heterocycles. The number of halogens is 1. The number of pyridine rings is 1. The first-order valence-electron chi connectivity index (χ1n) is 5.86. The van der Waals surface area contributed by atoms with E-state index in [0.29, 0.717) is 11.3 Å². The van der Waals surface area contributed by atoms with Gasteiger partial charge in [0.05, 0.1) is 5.71 Å². The Morgan fingerprint density at radius 3 is 2.52 bits per heavy atom. The van der Waals surface area contributed by atoms with Gasteiger partial charge in [0.15, 0.2) is 5.82 Å². The highest BCUT2D eigenvalue weighted by molar-refractivity contribution is 7.92. The Morgan fingerprint density at radius 2 is 1.95 bits per heavy atom. The Hall–Kier alpha value is -2.48. The molecule has 6 nitrogen and oxygen atoms in total. The van der Waals surface area contributed by atoms with Crippen molar-refractivity contribution in [2.45, 2.75) is 11.9 Å². The first-order chi connectivity index (χ1) is 9.94. The van der Waals surface area contributed by atoms with Crippen molar-refractivity contribution < 1.29 is 18.0 Å². The molecule has 0 bridgehead atoms. The fourth-order valence-corrected chi connectivity index (χ4v) is 2.68. The van der Waals surface area contributed by atoms with E-state index in [0.717, 1.165) is 6.07 Å². The molecule has 8 heteroatoms. The van der Waals surface area contributed by atoms with E-state index in [1.807, 2.05) is 0 Å². The van der Waals surface area contributed by atoms with Crippen LogP contribution in [0, 0.1) is 5.82 Å². The average Bonchev–Trinajstić information content (AvgIpc) is 2.47. The normalized spacial score (nSPS) is 12.2. The van der Waals surface area contributed by atoms with Crippen LogP contribution in [0.15, 0.2) is 52.8 Å². The predicted octanol–water partition coefficient (Wildman–Crippen LogP) is 2.22. The molecule has 0 fully saturated rings. The number of nitrogens with zero attached hydrogens (tertiary/aromatic N) is 2. The Morgan fingerprint density at radius 1 is 1.29 bits per heavy atom. The number of hydrogen-bond acceptors (Lipinski definition) is 5. The summed E-state index contributed by atoms with van der Waals surface area (Å²) in [5.74, 6) is -0.926. The topological polar surface area (TPSA) is 91.7 Å². The molecule has 0 unspecified atom stereocenters. The van der Waals surface area contributed by atoms with Gasteiger partial charge in [-0.3, -0.25) is 4.72 Å². The largest absolute Gasteiger partial charge is 0.411 e. The molecule has 1 heterocycles. The molecule has 0 aliphatic heterocycles. The summed E-state index contributed by atoms with van der Waals surface area (Å²) in [4.78, 5) is 3.53. The van der Waals surface area contributed by atoms with Crippen LogP contribution in [0.4, 0.5) is 10.1 Å². The van der Waals surface area contributed by atoms with Gasteiger partial charge in [-0.05, 0) is 36.8 Å². The van der Waals surface area contributed by atoms with Gasteiger partial charge in [-0.1, -0.05) is 17.3 Å². The van der Waals surface area contributed by atoms with E-state index < -0.39 is 20.9 Å². The second-order valence-corrected chi connectivity index (χ2v) is 5.76. The molecular weight excluding hydrogens is 297 g/mol. The molecule has 0 aliphatic rings. The summed E-state index contributed by atoms with van der Waals surface area (Å²) in [5, 5.41) is 11.0. The summed E-state index contributed by atoms with van der Waals surface area (Å²) in [5.41, 5.74) is 1.26. The van der Waals surface area contributed by atoms with Gasteiger partial charge in [-0.25, -0.2) is 9.37 Å². The lowest BCUT2D eigenvalue weighted by atomic mass is 10.1. The van der Waals surface area contributed by atoms with E-state index in [1.54, 1.807) is 19.1 Å². The molecule has 21 heavy (non-hydrogen) atoms. The molecule has 0 spiro atoms. The highest BCUT2D eigenvalue weighted by atomic mass is 32.2. The summed E-state index contributed by atoms with van der Waals surface area (Å²) in [6.45, 7) is 1.60. The molecule has 0 atom stereocenters. The molecule has 0 aliphatic carbocycles. The van der Waals surface area contributed by atoms with E-state index in [2.05, 4.69) is 14.9 Å². The molecule has 0 radical (unpaired) electrons. The Bertz CT molecular complexity index is 774. The standard InChI is InChI=1S/C13H12FN3O3S/c1-9(16-18)10-4-6-11(7-5-10)17-21(19,20)13-12(14)3-2-8-15-13/h2-8,17-18H,1H3/b16-9-. The summed E-state index contributed by atoms with van der Waals surface area (Å²) in [7, 11) is -4.10. The second kappa shape index (κ2) is 5.88.